The molecule has 0 aliphatic carbocycles. The summed E-state index contributed by atoms with van der Waals surface area (Å²) in [5.41, 5.74) is 2.42. The molecule has 0 bridgehead atoms. The van der Waals surface area contributed by atoms with Gasteiger partial charge in [0.15, 0.2) is 5.52 Å². The highest BCUT2D eigenvalue weighted by Gasteiger charge is 2.35. The average Bonchev–Trinajstić information content (AvgIpc) is 3.55. The van der Waals surface area contributed by atoms with Gasteiger partial charge >= 0.3 is 0 Å². The van der Waals surface area contributed by atoms with Gasteiger partial charge in [0, 0.05) is 31.2 Å². The number of anilines is 1. The van der Waals surface area contributed by atoms with Crippen molar-refractivity contribution in [3.8, 4) is 0 Å². The summed E-state index contributed by atoms with van der Waals surface area (Å²) >= 11 is 12.6. The molecule has 9 nitrogen and oxygen atoms in total. The van der Waals surface area contributed by atoms with Crippen LogP contribution in [0, 0.1) is 17.7 Å². The van der Waals surface area contributed by atoms with E-state index >= 15 is 0 Å². The Kier molecular flexibility index (Phi) is 10.2. The molecule has 0 saturated carbocycles. The molecule has 3 heterocycles. The maximum atomic E-state index is 14.0. The van der Waals surface area contributed by atoms with Crippen molar-refractivity contribution in [3.05, 3.63) is 82.1 Å². The third kappa shape index (κ3) is 7.39. The molecule has 13 heteroatoms. The van der Waals surface area contributed by atoms with Crippen LogP contribution in [-0.4, -0.2) is 73.1 Å². The lowest BCUT2D eigenvalue weighted by Gasteiger charge is -2.35. The van der Waals surface area contributed by atoms with Gasteiger partial charge in [0.1, 0.15) is 16.2 Å². The molecule has 6 rings (SSSR count). The number of carbonyl (C=O) groups is 1. The molecule has 2 aliphatic heterocycles. The van der Waals surface area contributed by atoms with E-state index in [1.165, 1.54) is 28.1 Å². The first-order valence-corrected chi connectivity index (χ1v) is 17.8. The van der Waals surface area contributed by atoms with Crippen molar-refractivity contribution >= 4 is 55.9 Å². The predicted molar refractivity (Wildman–Crippen MR) is 176 cm³/mol. The fourth-order valence-corrected chi connectivity index (χ4v) is 8.43. The van der Waals surface area contributed by atoms with Crippen molar-refractivity contribution in [2.45, 2.75) is 43.4 Å². The zero-order valence-corrected chi connectivity index (χ0v) is 27.7. The first-order valence-electron chi connectivity index (χ1n) is 15.6. The van der Waals surface area contributed by atoms with E-state index in [2.05, 4.69) is 15.2 Å². The molecule has 3 aromatic carbocycles. The predicted octanol–water partition coefficient (Wildman–Crippen LogP) is 6.45. The number of hydrogen-bond acceptors (Lipinski definition) is 7. The standard InChI is InChI=1S/C33H36Cl2FN5O4S/c34-28-10-9-27(22-29(28)35)41(16-2-15-39-17-11-24(12-18-39)21-23-5-7-26(36)8-6-23)33(42)25-13-19-40(20-14-25)46(43,44)31-4-1-3-30-32(31)38-45-37-30/h1,3-10,22,24-25H,2,11-21H2. The van der Waals surface area contributed by atoms with Crippen LogP contribution in [0.1, 0.15) is 37.7 Å². The number of amides is 1. The van der Waals surface area contributed by atoms with Crippen molar-refractivity contribution in [2.75, 3.05) is 44.2 Å². The molecule has 0 N–H and O–H groups in total. The van der Waals surface area contributed by atoms with E-state index in [4.69, 9.17) is 27.8 Å². The summed E-state index contributed by atoms with van der Waals surface area (Å²) in [4.78, 5) is 18.3. The molecule has 0 unspecified atom stereocenters. The molecule has 46 heavy (non-hydrogen) atoms. The van der Waals surface area contributed by atoms with Crippen LogP contribution >= 0.6 is 23.2 Å². The number of piperidine rings is 2. The normalized spacial score (nSPS) is 17.5. The van der Waals surface area contributed by atoms with Crippen molar-refractivity contribution < 1.29 is 22.2 Å². The zero-order valence-electron chi connectivity index (χ0n) is 25.3. The first-order chi connectivity index (χ1) is 22.2. The number of halogens is 3. The first kappa shape index (κ1) is 32.8. The van der Waals surface area contributed by atoms with Crippen LogP contribution in [0.3, 0.4) is 0 Å². The highest BCUT2D eigenvalue weighted by atomic mass is 35.5. The number of sulfonamides is 1. The Morgan fingerprint density at radius 1 is 0.935 bits per heavy atom. The van der Waals surface area contributed by atoms with E-state index in [1.807, 2.05) is 12.1 Å². The molecule has 0 atom stereocenters. The Bertz CT molecular complexity index is 1770. The Hall–Kier alpha value is -3.09. The Labute approximate surface area is 278 Å². The van der Waals surface area contributed by atoms with Gasteiger partial charge in [0.25, 0.3) is 0 Å². The van der Waals surface area contributed by atoms with Crippen LogP contribution in [0.5, 0.6) is 0 Å². The van der Waals surface area contributed by atoms with Gasteiger partial charge in [-0.3, -0.25) is 4.79 Å². The lowest BCUT2D eigenvalue weighted by molar-refractivity contribution is -0.123. The van der Waals surface area contributed by atoms with Gasteiger partial charge in [0.05, 0.1) is 10.0 Å². The molecular formula is C33H36Cl2FN5O4S. The summed E-state index contributed by atoms with van der Waals surface area (Å²) in [6.45, 7) is 3.75. The Morgan fingerprint density at radius 3 is 2.39 bits per heavy atom. The summed E-state index contributed by atoms with van der Waals surface area (Å²) in [7, 11) is -3.85. The third-order valence-electron chi connectivity index (χ3n) is 9.15. The van der Waals surface area contributed by atoms with Gasteiger partial charge in [-0.15, -0.1) is 0 Å². The van der Waals surface area contributed by atoms with Crippen molar-refractivity contribution in [1.82, 2.24) is 19.5 Å². The highest BCUT2D eigenvalue weighted by molar-refractivity contribution is 7.89. The summed E-state index contributed by atoms with van der Waals surface area (Å²) in [5.74, 6) is -0.0179. The average molecular weight is 689 g/mol. The highest BCUT2D eigenvalue weighted by Crippen LogP contribution is 2.32. The summed E-state index contributed by atoms with van der Waals surface area (Å²) in [6.07, 6.45) is 4.68. The molecular weight excluding hydrogens is 652 g/mol. The van der Waals surface area contributed by atoms with E-state index in [0.717, 1.165) is 45.3 Å². The smallest absolute Gasteiger partial charge is 0.245 e. The van der Waals surface area contributed by atoms with Gasteiger partial charge in [0.2, 0.25) is 15.9 Å². The molecule has 0 spiro atoms. The Balaban J connectivity index is 1.06. The number of rotatable bonds is 10. The quantitative estimate of drug-likeness (QED) is 0.189. The largest absolute Gasteiger partial charge is 0.312 e. The van der Waals surface area contributed by atoms with Crippen LogP contribution in [-0.2, 0) is 21.2 Å². The van der Waals surface area contributed by atoms with Crippen LogP contribution in [0.4, 0.5) is 10.1 Å². The maximum absolute atomic E-state index is 14.0. The lowest BCUT2D eigenvalue weighted by Crippen LogP contribution is -2.45. The van der Waals surface area contributed by atoms with Gasteiger partial charge in [-0.25, -0.2) is 17.4 Å². The minimum Gasteiger partial charge on any atom is -0.312 e. The molecule has 0 radical (unpaired) electrons. The second-order valence-electron chi connectivity index (χ2n) is 12.1. The fraction of sp³-hybridized carbons (Fsp3) is 0.424. The van der Waals surface area contributed by atoms with E-state index in [1.54, 1.807) is 35.2 Å². The number of nitrogens with zero attached hydrogens (tertiary/aromatic N) is 5. The molecule has 2 aliphatic rings. The summed E-state index contributed by atoms with van der Waals surface area (Å²) in [6, 6.07) is 16.8. The van der Waals surface area contributed by atoms with Crippen molar-refractivity contribution in [1.29, 1.82) is 0 Å². The van der Waals surface area contributed by atoms with E-state index in [9.17, 15) is 17.6 Å². The van der Waals surface area contributed by atoms with Crippen LogP contribution in [0.25, 0.3) is 11.0 Å². The van der Waals surface area contributed by atoms with Gasteiger partial charge in [-0.1, -0.05) is 41.4 Å². The summed E-state index contributed by atoms with van der Waals surface area (Å²) in [5, 5.41) is 8.34. The lowest BCUT2D eigenvalue weighted by atomic mass is 9.90. The zero-order chi connectivity index (χ0) is 32.3. The molecule has 1 amide bonds. The Morgan fingerprint density at radius 2 is 1.67 bits per heavy atom. The fourth-order valence-electron chi connectivity index (χ4n) is 6.53. The van der Waals surface area contributed by atoms with Crippen LogP contribution in [0.15, 0.2) is 70.2 Å². The number of likely N-dealkylation sites (tertiary alicyclic amines) is 1. The van der Waals surface area contributed by atoms with Gasteiger partial charge in [-0.2, -0.15) is 4.31 Å². The monoisotopic (exact) mass is 687 g/mol. The maximum Gasteiger partial charge on any atom is 0.245 e. The molecule has 2 fully saturated rings. The number of hydrogen-bond donors (Lipinski definition) is 0. The van der Waals surface area contributed by atoms with Gasteiger partial charge < -0.3 is 9.80 Å². The third-order valence-corrected chi connectivity index (χ3v) is 11.8. The number of fused-ring (bicyclic) bond motifs is 1. The van der Waals surface area contributed by atoms with E-state index < -0.39 is 10.0 Å². The molecule has 1 aromatic heterocycles. The minimum atomic E-state index is -3.85. The van der Waals surface area contributed by atoms with E-state index in [-0.39, 0.29) is 41.1 Å². The topological polar surface area (TPSA) is 99.8 Å². The van der Waals surface area contributed by atoms with Crippen LogP contribution < -0.4 is 4.90 Å². The van der Waals surface area contributed by atoms with Crippen molar-refractivity contribution in [2.24, 2.45) is 11.8 Å². The summed E-state index contributed by atoms with van der Waals surface area (Å²) < 4.78 is 46.4. The number of aromatic nitrogens is 2. The SMILES string of the molecule is O=C(C1CCN(S(=O)(=O)c2cccc3nonc23)CC1)N(CCCN1CCC(Cc2ccc(F)cc2)CC1)c1ccc(Cl)c(Cl)c1. The molecule has 4 aromatic rings. The second kappa shape index (κ2) is 14.4. The minimum absolute atomic E-state index is 0.0451. The molecule has 2 saturated heterocycles. The second-order valence-corrected chi connectivity index (χ2v) is 14.8. The van der Waals surface area contributed by atoms with E-state index in [0.29, 0.717) is 46.6 Å². The van der Waals surface area contributed by atoms with Crippen molar-refractivity contribution in [3.63, 3.8) is 0 Å². The number of carbonyl (C=O) groups excluding carboxylic acids is 1. The molecule has 244 valence electrons. The van der Waals surface area contributed by atoms with Crippen LogP contribution in [0.2, 0.25) is 10.0 Å². The van der Waals surface area contributed by atoms with Gasteiger partial charge in [-0.05, 0) is 122 Å². The number of benzene rings is 3.